The lowest BCUT2D eigenvalue weighted by atomic mass is 9.90. The molecule has 0 saturated carbocycles. The molecule has 1 heterocycles. The molecule has 1 aromatic heterocycles. The van der Waals surface area contributed by atoms with Crippen molar-refractivity contribution >= 4 is 40.0 Å². The van der Waals surface area contributed by atoms with Crippen LogP contribution in [0, 0.1) is 8.99 Å². The van der Waals surface area contributed by atoms with Crippen LogP contribution >= 0.6 is 34.2 Å². The van der Waals surface area contributed by atoms with Crippen molar-refractivity contribution in [2.75, 3.05) is 17.7 Å². The lowest BCUT2D eigenvalue weighted by Crippen LogP contribution is -2.24. The van der Waals surface area contributed by atoms with E-state index in [1.54, 1.807) is 12.5 Å². The van der Waals surface area contributed by atoms with E-state index in [-0.39, 0.29) is 5.41 Å². The molecule has 0 saturated heterocycles. The molecule has 0 amide bonds. The van der Waals surface area contributed by atoms with E-state index in [1.807, 2.05) is 0 Å². The summed E-state index contributed by atoms with van der Waals surface area (Å²) in [5, 5.41) is 3.32. The van der Waals surface area contributed by atoms with E-state index in [0.717, 1.165) is 22.4 Å². The minimum Gasteiger partial charge on any atom is -0.369 e. The number of nitrogens with zero attached hydrogens (tertiary/aromatic N) is 2. The Bertz CT molecular complexity index is 317. The first kappa shape index (κ1) is 13.0. The zero-order valence-electron chi connectivity index (χ0n) is 8.93. The van der Waals surface area contributed by atoms with E-state index in [2.05, 4.69) is 51.7 Å². The topological polar surface area (TPSA) is 37.8 Å². The van der Waals surface area contributed by atoms with Gasteiger partial charge < -0.3 is 5.32 Å². The molecule has 0 aliphatic heterocycles. The van der Waals surface area contributed by atoms with E-state index < -0.39 is 0 Å². The summed E-state index contributed by atoms with van der Waals surface area (Å²) < 4.78 is 1.04. The van der Waals surface area contributed by atoms with Gasteiger partial charge in [0.25, 0.3) is 0 Å². The fourth-order valence-electron chi connectivity index (χ4n) is 1.11. The highest BCUT2D eigenvalue weighted by Gasteiger charge is 2.17. The second-order valence-corrected chi connectivity index (χ2v) is 5.72. The highest BCUT2D eigenvalue weighted by molar-refractivity contribution is 14.1. The first-order chi connectivity index (χ1) is 7.05. The molecule has 0 spiro atoms. The van der Waals surface area contributed by atoms with Gasteiger partial charge in [-0.3, -0.25) is 0 Å². The second-order valence-electron chi connectivity index (χ2n) is 4.18. The summed E-state index contributed by atoms with van der Waals surface area (Å²) in [5.74, 6) is 1.59. The van der Waals surface area contributed by atoms with Crippen LogP contribution in [-0.2, 0) is 0 Å². The average molecular weight is 340 g/mol. The number of aromatic nitrogens is 2. The van der Waals surface area contributed by atoms with Crippen molar-refractivity contribution in [3.8, 4) is 0 Å². The van der Waals surface area contributed by atoms with E-state index in [9.17, 15) is 0 Å². The fourth-order valence-corrected chi connectivity index (χ4v) is 2.11. The van der Waals surface area contributed by atoms with Gasteiger partial charge >= 0.3 is 0 Å². The van der Waals surface area contributed by atoms with Crippen LogP contribution < -0.4 is 5.32 Å². The molecular formula is C10H15ClIN3. The van der Waals surface area contributed by atoms with Gasteiger partial charge in [-0.1, -0.05) is 13.8 Å². The van der Waals surface area contributed by atoms with Crippen molar-refractivity contribution in [2.45, 2.75) is 20.3 Å². The molecular weight excluding hydrogens is 324 g/mol. The quantitative estimate of drug-likeness (QED) is 0.661. The summed E-state index contributed by atoms with van der Waals surface area (Å²) in [6.07, 6.45) is 4.34. The minimum atomic E-state index is 0.190. The first-order valence-corrected chi connectivity index (χ1v) is 6.42. The molecule has 0 aliphatic rings. The Labute approximate surface area is 109 Å². The Morgan fingerprint density at radius 1 is 1.53 bits per heavy atom. The number of anilines is 1. The molecule has 84 valence electrons. The smallest absolute Gasteiger partial charge is 0.142 e. The molecule has 5 heteroatoms. The third-order valence-corrected chi connectivity index (χ3v) is 3.15. The third kappa shape index (κ3) is 4.51. The molecule has 0 aliphatic carbocycles. The average Bonchev–Trinajstić information content (AvgIpc) is 2.16. The van der Waals surface area contributed by atoms with Crippen LogP contribution in [0.1, 0.15) is 20.3 Å². The van der Waals surface area contributed by atoms with Crippen molar-refractivity contribution < 1.29 is 0 Å². The molecule has 1 aromatic rings. The van der Waals surface area contributed by atoms with Gasteiger partial charge in [0.15, 0.2) is 0 Å². The molecule has 3 nitrogen and oxygen atoms in total. The predicted molar refractivity (Wildman–Crippen MR) is 72.4 cm³/mol. The summed E-state index contributed by atoms with van der Waals surface area (Å²) in [6, 6.07) is 0. The van der Waals surface area contributed by atoms with Crippen molar-refractivity contribution in [3.63, 3.8) is 0 Å². The third-order valence-electron chi connectivity index (χ3n) is 2.17. The number of hydrogen-bond acceptors (Lipinski definition) is 3. The normalized spacial score (nSPS) is 11.5. The maximum absolute atomic E-state index is 5.74. The maximum atomic E-state index is 5.74. The van der Waals surface area contributed by atoms with Crippen LogP contribution in [0.3, 0.4) is 0 Å². The Kier molecular flexibility index (Phi) is 5.05. The lowest BCUT2D eigenvalue weighted by molar-refractivity contribution is 0.379. The SMILES string of the molecule is CC(C)(CCCl)CNc1ncncc1I. The molecule has 0 aromatic carbocycles. The van der Waals surface area contributed by atoms with Gasteiger partial charge in [0, 0.05) is 18.6 Å². The standard InChI is InChI=1S/C10H15ClIN3/c1-10(2,3-4-11)6-14-9-8(12)5-13-7-15-9/h5,7H,3-4,6H2,1-2H3,(H,13,14,15). The first-order valence-electron chi connectivity index (χ1n) is 4.80. The number of halogens is 2. The van der Waals surface area contributed by atoms with Crippen LogP contribution in [0.15, 0.2) is 12.5 Å². The van der Waals surface area contributed by atoms with Gasteiger partial charge in [0.1, 0.15) is 12.1 Å². The molecule has 1 N–H and O–H groups in total. The number of rotatable bonds is 5. The Hall–Kier alpha value is -0.100. The second kappa shape index (κ2) is 5.84. The van der Waals surface area contributed by atoms with Crippen LogP contribution in [0.5, 0.6) is 0 Å². The molecule has 0 fully saturated rings. The van der Waals surface area contributed by atoms with Gasteiger partial charge in [-0.2, -0.15) is 0 Å². The highest BCUT2D eigenvalue weighted by Crippen LogP contribution is 2.22. The zero-order chi connectivity index (χ0) is 11.3. The largest absolute Gasteiger partial charge is 0.369 e. The number of alkyl halides is 1. The summed E-state index contributed by atoms with van der Waals surface area (Å²) >= 11 is 7.96. The van der Waals surface area contributed by atoms with Crippen molar-refractivity contribution in [1.82, 2.24) is 9.97 Å². The van der Waals surface area contributed by atoms with Crippen molar-refractivity contribution in [3.05, 3.63) is 16.1 Å². The van der Waals surface area contributed by atoms with Crippen molar-refractivity contribution in [2.24, 2.45) is 5.41 Å². The van der Waals surface area contributed by atoms with Gasteiger partial charge in [-0.15, -0.1) is 11.6 Å². The monoisotopic (exact) mass is 339 g/mol. The van der Waals surface area contributed by atoms with Crippen LogP contribution in [-0.4, -0.2) is 22.4 Å². The molecule has 0 radical (unpaired) electrons. The fraction of sp³-hybridized carbons (Fsp3) is 0.600. The molecule has 0 bridgehead atoms. The molecule has 0 atom stereocenters. The summed E-state index contributed by atoms with van der Waals surface area (Å²) in [6.45, 7) is 5.25. The maximum Gasteiger partial charge on any atom is 0.142 e. The lowest BCUT2D eigenvalue weighted by Gasteiger charge is -2.24. The molecule has 1 rings (SSSR count). The van der Waals surface area contributed by atoms with E-state index in [1.165, 1.54) is 0 Å². The Morgan fingerprint density at radius 2 is 2.27 bits per heavy atom. The van der Waals surface area contributed by atoms with Crippen LogP contribution in [0.25, 0.3) is 0 Å². The number of hydrogen-bond donors (Lipinski definition) is 1. The minimum absolute atomic E-state index is 0.190. The van der Waals surface area contributed by atoms with Crippen LogP contribution in [0.2, 0.25) is 0 Å². The molecule has 15 heavy (non-hydrogen) atoms. The van der Waals surface area contributed by atoms with Crippen LogP contribution in [0.4, 0.5) is 5.82 Å². The summed E-state index contributed by atoms with van der Waals surface area (Å²) in [5.41, 5.74) is 0.190. The summed E-state index contributed by atoms with van der Waals surface area (Å²) in [4.78, 5) is 8.12. The molecule has 0 unspecified atom stereocenters. The van der Waals surface area contributed by atoms with Gasteiger partial charge in [-0.25, -0.2) is 9.97 Å². The van der Waals surface area contributed by atoms with E-state index in [4.69, 9.17) is 11.6 Å². The van der Waals surface area contributed by atoms with Gasteiger partial charge in [0.05, 0.1) is 3.57 Å². The van der Waals surface area contributed by atoms with E-state index in [0.29, 0.717) is 5.88 Å². The highest BCUT2D eigenvalue weighted by atomic mass is 127. The number of nitrogens with one attached hydrogen (secondary N) is 1. The zero-order valence-corrected chi connectivity index (χ0v) is 11.8. The summed E-state index contributed by atoms with van der Waals surface area (Å²) in [7, 11) is 0. The van der Waals surface area contributed by atoms with Gasteiger partial charge in [-0.05, 0) is 34.4 Å². The van der Waals surface area contributed by atoms with E-state index >= 15 is 0 Å². The Balaban J connectivity index is 2.53. The Morgan fingerprint density at radius 3 is 2.87 bits per heavy atom. The van der Waals surface area contributed by atoms with Gasteiger partial charge in [0.2, 0.25) is 0 Å². The van der Waals surface area contributed by atoms with Crippen molar-refractivity contribution in [1.29, 1.82) is 0 Å². The predicted octanol–water partition coefficient (Wildman–Crippen LogP) is 3.15.